The molecule has 0 bridgehead atoms. The molecule has 0 amide bonds. The van der Waals surface area contributed by atoms with Crippen molar-refractivity contribution in [3.8, 4) is 11.3 Å². The van der Waals surface area contributed by atoms with Crippen LogP contribution in [0.15, 0.2) is 36.4 Å². The third-order valence-corrected chi connectivity index (χ3v) is 4.63. The Morgan fingerprint density at radius 3 is 2.20 bits per heavy atom. The Kier molecular flexibility index (Phi) is 3.86. The smallest absolute Gasteiger partial charge is 0.0705 e. The number of benzene rings is 1. The van der Waals surface area contributed by atoms with Crippen LogP contribution < -0.4 is 0 Å². The fraction of sp³-hybridized carbons (Fsp3) is 0.421. The highest BCUT2D eigenvalue weighted by Gasteiger charge is 2.15. The van der Waals surface area contributed by atoms with Gasteiger partial charge >= 0.3 is 0 Å². The van der Waals surface area contributed by atoms with Gasteiger partial charge in [-0.3, -0.25) is 4.98 Å². The van der Waals surface area contributed by atoms with E-state index in [9.17, 15) is 0 Å². The first-order valence-corrected chi connectivity index (χ1v) is 7.78. The monoisotopic (exact) mass is 265 g/mol. The van der Waals surface area contributed by atoms with E-state index >= 15 is 0 Å². The van der Waals surface area contributed by atoms with Crippen LogP contribution in [0.5, 0.6) is 0 Å². The van der Waals surface area contributed by atoms with Gasteiger partial charge in [-0.15, -0.1) is 0 Å². The molecule has 0 aliphatic heterocycles. The summed E-state index contributed by atoms with van der Waals surface area (Å²) < 4.78 is 0. The van der Waals surface area contributed by atoms with E-state index in [1.54, 1.807) is 0 Å². The molecular formula is C19H23N. The first kappa shape index (κ1) is 13.4. The lowest BCUT2D eigenvalue weighted by atomic mass is 9.84. The molecule has 0 N–H and O–H groups in total. The summed E-state index contributed by atoms with van der Waals surface area (Å²) in [6.07, 6.45) is 6.93. The Hall–Kier alpha value is -1.63. The molecule has 0 saturated heterocycles. The van der Waals surface area contributed by atoms with Gasteiger partial charge in [-0.05, 0) is 49.8 Å². The van der Waals surface area contributed by atoms with Gasteiger partial charge in [0.1, 0.15) is 0 Å². The van der Waals surface area contributed by atoms with Gasteiger partial charge in [-0.1, -0.05) is 49.6 Å². The van der Waals surface area contributed by atoms with Crippen molar-refractivity contribution in [1.82, 2.24) is 4.98 Å². The lowest BCUT2D eigenvalue weighted by Crippen LogP contribution is -2.04. The first-order chi connectivity index (χ1) is 9.74. The number of aryl methyl sites for hydroxylation is 2. The SMILES string of the molecule is Cc1ccc(-c2ccc(C3CCCCC3)cc2)nc1C. The van der Waals surface area contributed by atoms with Crippen molar-refractivity contribution in [3.63, 3.8) is 0 Å². The second-order valence-electron chi connectivity index (χ2n) is 6.06. The highest BCUT2D eigenvalue weighted by molar-refractivity contribution is 5.60. The van der Waals surface area contributed by atoms with E-state index < -0.39 is 0 Å². The zero-order chi connectivity index (χ0) is 13.9. The molecule has 1 nitrogen and oxygen atoms in total. The van der Waals surface area contributed by atoms with Gasteiger partial charge in [0.05, 0.1) is 5.69 Å². The molecule has 1 saturated carbocycles. The summed E-state index contributed by atoms with van der Waals surface area (Å²) in [6, 6.07) is 13.4. The van der Waals surface area contributed by atoms with Gasteiger partial charge in [0.2, 0.25) is 0 Å². The summed E-state index contributed by atoms with van der Waals surface area (Å²) in [5.74, 6) is 0.783. The van der Waals surface area contributed by atoms with E-state index in [0.717, 1.165) is 17.3 Å². The second kappa shape index (κ2) is 5.78. The van der Waals surface area contributed by atoms with Gasteiger partial charge < -0.3 is 0 Å². The van der Waals surface area contributed by atoms with E-state index in [1.807, 2.05) is 0 Å². The summed E-state index contributed by atoms with van der Waals surface area (Å²) in [5.41, 5.74) is 6.21. The molecular weight excluding hydrogens is 242 g/mol. The van der Waals surface area contributed by atoms with E-state index in [0.29, 0.717) is 0 Å². The minimum Gasteiger partial charge on any atom is -0.253 e. The molecule has 0 atom stereocenters. The Bertz CT molecular complexity index is 577. The summed E-state index contributed by atoms with van der Waals surface area (Å²) >= 11 is 0. The molecule has 0 unspecified atom stereocenters. The van der Waals surface area contributed by atoms with Crippen LogP contribution in [0.1, 0.15) is 54.8 Å². The van der Waals surface area contributed by atoms with Gasteiger partial charge in [0.25, 0.3) is 0 Å². The normalized spacial score (nSPS) is 16.3. The number of hydrogen-bond acceptors (Lipinski definition) is 1. The Balaban J connectivity index is 1.83. The molecule has 3 rings (SSSR count). The van der Waals surface area contributed by atoms with Crippen molar-refractivity contribution in [1.29, 1.82) is 0 Å². The average Bonchev–Trinajstić information content (AvgIpc) is 2.51. The molecule has 1 fully saturated rings. The maximum Gasteiger partial charge on any atom is 0.0705 e. The largest absolute Gasteiger partial charge is 0.253 e. The minimum atomic E-state index is 0.783. The van der Waals surface area contributed by atoms with Gasteiger partial charge in [0.15, 0.2) is 0 Å². The molecule has 1 aromatic carbocycles. The molecule has 2 aromatic rings. The van der Waals surface area contributed by atoms with E-state index in [-0.39, 0.29) is 0 Å². The van der Waals surface area contributed by atoms with Crippen LogP contribution in [0.4, 0.5) is 0 Å². The van der Waals surface area contributed by atoms with Crippen LogP contribution in [0.3, 0.4) is 0 Å². The van der Waals surface area contributed by atoms with Gasteiger partial charge in [-0.2, -0.15) is 0 Å². The molecule has 20 heavy (non-hydrogen) atoms. The van der Waals surface area contributed by atoms with Crippen molar-refractivity contribution in [2.45, 2.75) is 51.9 Å². The molecule has 1 aliphatic carbocycles. The third kappa shape index (κ3) is 2.77. The lowest BCUT2D eigenvalue weighted by molar-refractivity contribution is 0.443. The number of rotatable bonds is 2. The van der Waals surface area contributed by atoms with Crippen molar-refractivity contribution < 1.29 is 0 Å². The standard InChI is InChI=1S/C19H23N/c1-14-8-13-19(20-15(14)2)18-11-9-17(10-12-18)16-6-4-3-5-7-16/h8-13,16H,3-7H2,1-2H3. The maximum atomic E-state index is 4.69. The highest BCUT2D eigenvalue weighted by atomic mass is 14.7. The molecule has 1 heterocycles. The zero-order valence-corrected chi connectivity index (χ0v) is 12.5. The van der Waals surface area contributed by atoms with Crippen LogP contribution in [0.25, 0.3) is 11.3 Å². The van der Waals surface area contributed by atoms with Crippen LogP contribution in [-0.4, -0.2) is 4.98 Å². The number of hydrogen-bond donors (Lipinski definition) is 0. The highest BCUT2D eigenvalue weighted by Crippen LogP contribution is 2.33. The summed E-state index contributed by atoms with van der Waals surface area (Å²) in [7, 11) is 0. The second-order valence-corrected chi connectivity index (χ2v) is 6.06. The average molecular weight is 265 g/mol. The van der Waals surface area contributed by atoms with Crippen molar-refractivity contribution in [2.24, 2.45) is 0 Å². The van der Waals surface area contributed by atoms with Crippen LogP contribution in [0, 0.1) is 13.8 Å². The van der Waals surface area contributed by atoms with Crippen molar-refractivity contribution >= 4 is 0 Å². The maximum absolute atomic E-state index is 4.69. The van der Waals surface area contributed by atoms with E-state index in [2.05, 4.69) is 55.2 Å². The summed E-state index contributed by atoms with van der Waals surface area (Å²) in [5, 5.41) is 0. The molecule has 0 radical (unpaired) electrons. The van der Waals surface area contributed by atoms with Crippen molar-refractivity contribution in [3.05, 3.63) is 53.2 Å². The van der Waals surface area contributed by atoms with E-state index in [4.69, 9.17) is 0 Å². The number of aromatic nitrogens is 1. The van der Waals surface area contributed by atoms with Gasteiger partial charge in [0, 0.05) is 11.3 Å². The number of nitrogens with zero attached hydrogens (tertiary/aromatic N) is 1. The Labute approximate surface area is 122 Å². The predicted molar refractivity (Wildman–Crippen MR) is 85.0 cm³/mol. The fourth-order valence-corrected chi connectivity index (χ4v) is 3.15. The Morgan fingerprint density at radius 2 is 1.55 bits per heavy atom. The molecule has 1 aliphatic rings. The van der Waals surface area contributed by atoms with Gasteiger partial charge in [-0.25, -0.2) is 0 Å². The van der Waals surface area contributed by atoms with Crippen LogP contribution in [0.2, 0.25) is 0 Å². The first-order valence-electron chi connectivity index (χ1n) is 7.78. The lowest BCUT2D eigenvalue weighted by Gasteiger charge is -2.22. The fourth-order valence-electron chi connectivity index (χ4n) is 3.15. The van der Waals surface area contributed by atoms with E-state index in [1.165, 1.54) is 48.8 Å². The minimum absolute atomic E-state index is 0.783. The Morgan fingerprint density at radius 1 is 0.850 bits per heavy atom. The van der Waals surface area contributed by atoms with Crippen LogP contribution in [-0.2, 0) is 0 Å². The molecule has 0 spiro atoms. The number of pyridine rings is 1. The molecule has 1 aromatic heterocycles. The third-order valence-electron chi connectivity index (χ3n) is 4.63. The topological polar surface area (TPSA) is 12.9 Å². The zero-order valence-electron chi connectivity index (χ0n) is 12.5. The molecule has 1 heteroatoms. The predicted octanol–water partition coefficient (Wildman–Crippen LogP) is 5.41. The quantitative estimate of drug-likeness (QED) is 0.707. The summed E-state index contributed by atoms with van der Waals surface area (Å²) in [4.78, 5) is 4.69. The summed E-state index contributed by atoms with van der Waals surface area (Å²) in [6.45, 7) is 4.19. The molecule has 104 valence electrons. The van der Waals surface area contributed by atoms with Crippen molar-refractivity contribution in [2.75, 3.05) is 0 Å². The van der Waals surface area contributed by atoms with Crippen LogP contribution >= 0.6 is 0 Å².